The summed E-state index contributed by atoms with van der Waals surface area (Å²) in [5.41, 5.74) is 2.88. The summed E-state index contributed by atoms with van der Waals surface area (Å²) in [5.74, 6) is -0.671. The van der Waals surface area contributed by atoms with E-state index in [1.54, 1.807) is 6.92 Å². The highest BCUT2D eigenvalue weighted by Crippen LogP contribution is 2.23. The van der Waals surface area contributed by atoms with Crippen LogP contribution >= 0.6 is 0 Å². The van der Waals surface area contributed by atoms with E-state index >= 15 is 0 Å². The van der Waals surface area contributed by atoms with Gasteiger partial charge in [0.25, 0.3) is 5.91 Å². The molecule has 1 aromatic heterocycles. The number of likely N-dealkylation sites (tertiary alicyclic amines) is 1. The zero-order valence-corrected chi connectivity index (χ0v) is 18.8. The number of benzene rings is 2. The number of fused-ring (bicyclic) bond motifs is 1. The van der Waals surface area contributed by atoms with Crippen LogP contribution in [0, 0.1) is 0 Å². The average molecular weight is 435 g/mol. The molecule has 4 rings (SSSR count). The third-order valence-electron chi connectivity index (χ3n) is 6.20. The van der Waals surface area contributed by atoms with Crippen LogP contribution in [0.5, 0.6) is 0 Å². The van der Waals surface area contributed by atoms with E-state index in [9.17, 15) is 9.59 Å². The van der Waals surface area contributed by atoms with Gasteiger partial charge in [-0.25, -0.2) is 0 Å². The van der Waals surface area contributed by atoms with Crippen molar-refractivity contribution in [3.05, 3.63) is 54.2 Å². The number of nitrogens with one attached hydrogen (secondary N) is 3. The number of amides is 2. The third kappa shape index (κ3) is 4.75. The second-order valence-electron chi connectivity index (χ2n) is 8.49. The minimum atomic E-state index is -0.709. The molecular formula is C24H30N6O2. The van der Waals surface area contributed by atoms with E-state index in [1.807, 2.05) is 48.5 Å². The van der Waals surface area contributed by atoms with Gasteiger partial charge in [0, 0.05) is 29.9 Å². The van der Waals surface area contributed by atoms with E-state index in [4.69, 9.17) is 0 Å². The minimum absolute atomic E-state index is 0.279. The Balaban J connectivity index is 1.33. The summed E-state index contributed by atoms with van der Waals surface area (Å²) >= 11 is 0. The molecule has 1 unspecified atom stereocenters. The molecule has 3 N–H and O–H groups in total. The number of aromatic amines is 1. The zero-order chi connectivity index (χ0) is 22.7. The van der Waals surface area contributed by atoms with Crippen LogP contribution in [-0.2, 0) is 4.79 Å². The molecule has 0 radical (unpaired) electrons. The number of carbonyl (C=O) groups is 2. The number of carbonyl (C=O) groups excluding carboxylic acids is 2. The van der Waals surface area contributed by atoms with Crippen molar-refractivity contribution in [2.75, 3.05) is 37.4 Å². The van der Waals surface area contributed by atoms with E-state index in [2.05, 4.69) is 44.7 Å². The Kier molecular flexibility index (Phi) is 6.41. The van der Waals surface area contributed by atoms with Gasteiger partial charge in [-0.2, -0.15) is 5.10 Å². The number of para-hydroxylation sites is 1. The molecule has 168 valence electrons. The van der Waals surface area contributed by atoms with Gasteiger partial charge in [-0.05, 0) is 70.2 Å². The smallest absolute Gasteiger partial charge is 0.273 e. The third-order valence-corrected chi connectivity index (χ3v) is 6.20. The molecule has 1 aliphatic heterocycles. The molecule has 1 saturated heterocycles. The summed E-state index contributed by atoms with van der Waals surface area (Å²) in [4.78, 5) is 29.9. The van der Waals surface area contributed by atoms with E-state index < -0.39 is 6.04 Å². The highest BCUT2D eigenvalue weighted by molar-refractivity contribution is 6.06. The number of rotatable bonds is 6. The first kappa shape index (κ1) is 21.8. The largest absolute Gasteiger partial charge is 0.372 e. The van der Waals surface area contributed by atoms with Crippen LogP contribution in [0.3, 0.4) is 0 Å². The Hall–Kier alpha value is -3.39. The van der Waals surface area contributed by atoms with Gasteiger partial charge in [0.05, 0.1) is 5.52 Å². The quantitative estimate of drug-likeness (QED) is 0.555. The van der Waals surface area contributed by atoms with Gasteiger partial charge in [-0.1, -0.05) is 18.2 Å². The highest BCUT2D eigenvalue weighted by atomic mass is 16.2. The average Bonchev–Trinajstić information content (AvgIpc) is 3.24. The Morgan fingerprint density at radius 3 is 2.53 bits per heavy atom. The molecule has 2 amide bonds. The van der Waals surface area contributed by atoms with Crippen molar-refractivity contribution in [3.8, 4) is 0 Å². The van der Waals surface area contributed by atoms with Crippen molar-refractivity contribution in [1.82, 2.24) is 20.4 Å². The Morgan fingerprint density at radius 2 is 1.81 bits per heavy atom. The van der Waals surface area contributed by atoms with Crippen molar-refractivity contribution < 1.29 is 9.59 Å². The van der Waals surface area contributed by atoms with Crippen LogP contribution in [0.1, 0.15) is 30.3 Å². The standard InChI is InChI=1S/C24H30N6O2/c1-16(25-24(32)22-20-6-4-5-7-21(20)27-28-22)23(31)26-17-8-10-18(11-9-17)30(3)19-12-14-29(2)15-13-19/h4-11,16,19H,12-15H2,1-3H3,(H,25,32)(H,26,31)(H,27,28). The van der Waals surface area contributed by atoms with Gasteiger partial charge in [0.2, 0.25) is 5.91 Å². The molecule has 2 aromatic carbocycles. The van der Waals surface area contributed by atoms with Crippen molar-refractivity contribution in [1.29, 1.82) is 0 Å². The maximum atomic E-state index is 12.6. The second-order valence-corrected chi connectivity index (χ2v) is 8.49. The van der Waals surface area contributed by atoms with Gasteiger partial charge in [0.15, 0.2) is 5.69 Å². The summed E-state index contributed by atoms with van der Waals surface area (Å²) in [7, 11) is 4.29. The summed E-state index contributed by atoms with van der Waals surface area (Å²) in [6.07, 6.45) is 2.29. The van der Waals surface area contributed by atoms with Crippen LogP contribution in [0.4, 0.5) is 11.4 Å². The number of piperidine rings is 1. The SMILES string of the molecule is CC(NC(=O)c1n[nH]c2ccccc12)C(=O)Nc1ccc(N(C)C2CCN(C)CC2)cc1. The molecule has 3 aromatic rings. The normalized spacial score (nSPS) is 16.0. The van der Waals surface area contributed by atoms with Crippen molar-refractivity contribution in [2.24, 2.45) is 0 Å². The number of hydrogen-bond donors (Lipinski definition) is 3. The predicted molar refractivity (Wildman–Crippen MR) is 127 cm³/mol. The summed E-state index contributed by atoms with van der Waals surface area (Å²) in [5, 5.41) is 13.2. The zero-order valence-electron chi connectivity index (χ0n) is 18.8. The van der Waals surface area contributed by atoms with Gasteiger partial charge in [0.1, 0.15) is 6.04 Å². The number of H-pyrrole nitrogens is 1. The number of hydrogen-bond acceptors (Lipinski definition) is 5. The Bertz CT molecular complexity index is 1090. The first-order valence-electron chi connectivity index (χ1n) is 11.0. The van der Waals surface area contributed by atoms with Crippen LogP contribution in [0.15, 0.2) is 48.5 Å². The van der Waals surface area contributed by atoms with Crippen LogP contribution in [0.25, 0.3) is 10.9 Å². The molecule has 2 heterocycles. The first-order valence-corrected chi connectivity index (χ1v) is 11.0. The predicted octanol–water partition coefficient (Wildman–Crippen LogP) is 2.85. The van der Waals surface area contributed by atoms with Crippen LogP contribution in [-0.4, -0.2) is 66.2 Å². The molecular weight excluding hydrogens is 404 g/mol. The maximum Gasteiger partial charge on any atom is 0.273 e. The fourth-order valence-corrected chi connectivity index (χ4v) is 4.09. The number of anilines is 2. The molecule has 1 atom stereocenters. The van der Waals surface area contributed by atoms with E-state index in [0.717, 1.165) is 42.5 Å². The Labute approximate surface area is 188 Å². The molecule has 1 fully saturated rings. The molecule has 0 saturated carbocycles. The van der Waals surface area contributed by atoms with E-state index in [-0.39, 0.29) is 17.5 Å². The summed E-state index contributed by atoms with van der Waals surface area (Å²) in [6.45, 7) is 3.88. The van der Waals surface area contributed by atoms with E-state index in [1.165, 1.54) is 0 Å². The van der Waals surface area contributed by atoms with Crippen molar-refractivity contribution in [2.45, 2.75) is 31.8 Å². The van der Waals surface area contributed by atoms with Gasteiger partial charge >= 0.3 is 0 Å². The maximum absolute atomic E-state index is 12.6. The molecule has 8 nitrogen and oxygen atoms in total. The first-order chi connectivity index (χ1) is 15.4. The fraction of sp³-hybridized carbons (Fsp3) is 0.375. The van der Waals surface area contributed by atoms with Gasteiger partial charge in [-0.15, -0.1) is 0 Å². The lowest BCUT2D eigenvalue weighted by molar-refractivity contribution is -0.117. The molecule has 0 aliphatic carbocycles. The molecule has 1 aliphatic rings. The molecule has 8 heteroatoms. The summed E-state index contributed by atoms with van der Waals surface area (Å²) < 4.78 is 0. The highest BCUT2D eigenvalue weighted by Gasteiger charge is 2.22. The second kappa shape index (κ2) is 9.40. The number of aromatic nitrogens is 2. The monoisotopic (exact) mass is 434 g/mol. The lowest BCUT2D eigenvalue weighted by Gasteiger charge is -2.36. The van der Waals surface area contributed by atoms with E-state index in [0.29, 0.717) is 11.7 Å². The number of nitrogens with zero attached hydrogens (tertiary/aromatic N) is 3. The Morgan fingerprint density at radius 1 is 1.12 bits per heavy atom. The van der Waals surface area contributed by atoms with Crippen molar-refractivity contribution in [3.63, 3.8) is 0 Å². The van der Waals surface area contributed by atoms with Gasteiger partial charge < -0.3 is 20.4 Å². The lowest BCUT2D eigenvalue weighted by atomic mass is 10.0. The van der Waals surface area contributed by atoms with Crippen molar-refractivity contribution >= 4 is 34.1 Å². The fourth-order valence-electron chi connectivity index (χ4n) is 4.09. The molecule has 32 heavy (non-hydrogen) atoms. The minimum Gasteiger partial charge on any atom is -0.372 e. The van der Waals surface area contributed by atoms with Crippen LogP contribution < -0.4 is 15.5 Å². The summed E-state index contributed by atoms with van der Waals surface area (Å²) in [6, 6.07) is 15.0. The topological polar surface area (TPSA) is 93.4 Å². The van der Waals surface area contributed by atoms with Gasteiger partial charge in [-0.3, -0.25) is 14.7 Å². The van der Waals surface area contributed by atoms with Crippen LogP contribution in [0.2, 0.25) is 0 Å². The molecule has 0 spiro atoms. The lowest BCUT2D eigenvalue weighted by Crippen LogP contribution is -2.42. The molecule has 0 bridgehead atoms.